The molecule has 0 radical (unpaired) electrons. The Hall–Kier alpha value is -1.79. The molecule has 24 heavy (non-hydrogen) atoms. The zero-order valence-corrected chi connectivity index (χ0v) is 15.1. The minimum Gasteiger partial charge on any atom is -0.448 e. The number of rotatable bonds is 7. The number of hydrogen-bond donors (Lipinski definition) is 1. The lowest BCUT2D eigenvalue weighted by atomic mass is 10.1. The van der Waals surface area contributed by atoms with E-state index in [1.54, 1.807) is 27.7 Å². The highest BCUT2D eigenvalue weighted by molar-refractivity contribution is 6.17. The number of amides is 1. The molecule has 6 nitrogen and oxygen atoms in total. The highest BCUT2D eigenvalue weighted by atomic mass is 35.5. The third-order valence-electron chi connectivity index (χ3n) is 2.95. The Morgan fingerprint density at radius 3 is 2.38 bits per heavy atom. The number of hydrogen-bond acceptors (Lipinski definition) is 5. The molecular formula is C17H24ClNO5. The van der Waals surface area contributed by atoms with Crippen LogP contribution >= 0.6 is 11.6 Å². The van der Waals surface area contributed by atoms with Gasteiger partial charge in [0.15, 0.2) is 12.1 Å². The third-order valence-corrected chi connectivity index (χ3v) is 3.06. The molecule has 1 N–H and O–H groups in total. The molecule has 0 heterocycles. The van der Waals surface area contributed by atoms with Crippen LogP contribution in [0.5, 0.6) is 0 Å². The smallest absolute Gasteiger partial charge is 0.408 e. The number of esters is 1. The van der Waals surface area contributed by atoms with Gasteiger partial charge in [-0.3, -0.25) is 0 Å². The maximum atomic E-state index is 12.0. The van der Waals surface area contributed by atoms with E-state index in [0.717, 1.165) is 5.56 Å². The van der Waals surface area contributed by atoms with Gasteiger partial charge in [0.05, 0.1) is 12.7 Å². The van der Waals surface area contributed by atoms with E-state index in [-0.39, 0.29) is 6.07 Å². The number of carbonyl (C=O) groups is 2. The molecule has 0 aliphatic heterocycles. The van der Waals surface area contributed by atoms with Gasteiger partial charge in [0.25, 0.3) is 0 Å². The van der Waals surface area contributed by atoms with Crippen LogP contribution in [0.25, 0.3) is 0 Å². The fourth-order valence-electron chi connectivity index (χ4n) is 1.84. The molecule has 0 fully saturated rings. The van der Waals surface area contributed by atoms with Gasteiger partial charge in [-0.15, -0.1) is 0 Å². The van der Waals surface area contributed by atoms with E-state index in [4.69, 9.17) is 25.8 Å². The molecule has 2 atom stereocenters. The van der Waals surface area contributed by atoms with Crippen LogP contribution in [0.1, 0.15) is 33.3 Å². The van der Waals surface area contributed by atoms with Crippen LogP contribution in [0, 0.1) is 0 Å². The molecule has 0 spiro atoms. The van der Waals surface area contributed by atoms with Gasteiger partial charge in [-0.05, 0) is 33.3 Å². The number of nitrogens with one attached hydrogen (secondary N) is 1. The number of ether oxygens (including phenoxy) is 3. The number of alkyl carbamates (subject to hydrolysis) is 1. The number of benzene rings is 1. The molecule has 1 aromatic carbocycles. The first-order valence-electron chi connectivity index (χ1n) is 7.60. The maximum absolute atomic E-state index is 12.0. The highest BCUT2D eigenvalue weighted by Crippen LogP contribution is 2.11. The normalized spacial score (nSPS) is 13.7. The Morgan fingerprint density at radius 1 is 1.21 bits per heavy atom. The lowest BCUT2D eigenvalue weighted by Gasteiger charge is -2.26. The van der Waals surface area contributed by atoms with E-state index < -0.39 is 29.8 Å². The summed E-state index contributed by atoms with van der Waals surface area (Å²) in [6.07, 6.45) is -1.36. The second kappa shape index (κ2) is 9.49. The number of alkyl halides is 1. The monoisotopic (exact) mass is 357 g/mol. The van der Waals surface area contributed by atoms with E-state index in [9.17, 15) is 9.59 Å². The van der Waals surface area contributed by atoms with Crippen LogP contribution in [-0.4, -0.2) is 35.9 Å². The van der Waals surface area contributed by atoms with Crippen molar-refractivity contribution in [2.24, 2.45) is 0 Å². The van der Waals surface area contributed by atoms with E-state index in [0.29, 0.717) is 6.61 Å². The van der Waals surface area contributed by atoms with Gasteiger partial charge in [0, 0.05) is 0 Å². The summed E-state index contributed by atoms with van der Waals surface area (Å²) in [5.74, 6) is -0.684. The van der Waals surface area contributed by atoms with Crippen molar-refractivity contribution < 1.29 is 23.8 Å². The SMILES string of the molecule is CC(OCc1ccccc1)C(NC(=O)OC(C)(C)C)C(=O)OCCl. The van der Waals surface area contributed by atoms with Crippen molar-refractivity contribution in [3.05, 3.63) is 35.9 Å². The Kier molecular flexibility index (Phi) is 8.01. The first-order valence-corrected chi connectivity index (χ1v) is 8.14. The Labute approximate surface area is 147 Å². The molecule has 134 valence electrons. The molecule has 0 aliphatic rings. The van der Waals surface area contributed by atoms with E-state index in [1.807, 2.05) is 30.3 Å². The van der Waals surface area contributed by atoms with E-state index in [1.165, 1.54) is 0 Å². The van der Waals surface area contributed by atoms with E-state index in [2.05, 4.69) is 5.32 Å². The zero-order valence-electron chi connectivity index (χ0n) is 14.4. The molecule has 1 aromatic rings. The average Bonchev–Trinajstić information content (AvgIpc) is 2.50. The van der Waals surface area contributed by atoms with Gasteiger partial charge in [-0.1, -0.05) is 41.9 Å². The molecule has 7 heteroatoms. The van der Waals surface area contributed by atoms with Crippen LogP contribution in [0.15, 0.2) is 30.3 Å². The molecular weight excluding hydrogens is 334 g/mol. The minimum absolute atomic E-state index is 0.294. The second-order valence-corrected chi connectivity index (χ2v) is 6.42. The van der Waals surface area contributed by atoms with Crippen LogP contribution < -0.4 is 5.32 Å². The minimum atomic E-state index is -1.03. The van der Waals surface area contributed by atoms with E-state index >= 15 is 0 Å². The van der Waals surface area contributed by atoms with Gasteiger partial charge < -0.3 is 19.5 Å². The Bertz CT molecular complexity index is 530. The van der Waals surface area contributed by atoms with Crippen molar-refractivity contribution in [2.75, 3.05) is 6.07 Å². The standard InChI is InChI=1S/C17H24ClNO5/c1-12(22-10-13-8-6-5-7-9-13)14(15(20)23-11-18)19-16(21)24-17(2,3)4/h5-9,12,14H,10-11H2,1-4H3,(H,19,21). The molecule has 2 unspecified atom stereocenters. The molecule has 0 aliphatic carbocycles. The summed E-state index contributed by atoms with van der Waals surface area (Å²) < 4.78 is 15.6. The van der Waals surface area contributed by atoms with Crippen molar-refractivity contribution in [2.45, 2.75) is 52.0 Å². The average molecular weight is 358 g/mol. The maximum Gasteiger partial charge on any atom is 0.408 e. The molecule has 1 rings (SSSR count). The molecule has 0 saturated heterocycles. The molecule has 0 bridgehead atoms. The van der Waals surface area contributed by atoms with Crippen molar-refractivity contribution >= 4 is 23.7 Å². The van der Waals surface area contributed by atoms with Crippen LogP contribution in [0.4, 0.5) is 4.79 Å². The first kappa shape index (κ1) is 20.3. The largest absolute Gasteiger partial charge is 0.448 e. The summed E-state index contributed by atoms with van der Waals surface area (Å²) >= 11 is 5.43. The molecule has 0 aromatic heterocycles. The predicted octanol–water partition coefficient (Wildman–Crippen LogP) is 3.22. The fourth-order valence-corrected chi connectivity index (χ4v) is 1.95. The Balaban J connectivity index is 2.69. The van der Waals surface area contributed by atoms with Gasteiger partial charge >= 0.3 is 12.1 Å². The summed E-state index contributed by atoms with van der Waals surface area (Å²) in [6, 6.07) is 8.15. The van der Waals surface area contributed by atoms with Crippen LogP contribution in [0.2, 0.25) is 0 Å². The lowest BCUT2D eigenvalue weighted by Crippen LogP contribution is -2.50. The van der Waals surface area contributed by atoms with Crippen LogP contribution in [0.3, 0.4) is 0 Å². The van der Waals surface area contributed by atoms with Gasteiger partial charge in [-0.2, -0.15) is 0 Å². The topological polar surface area (TPSA) is 73.9 Å². The van der Waals surface area contributed by atoms with Gasteiger partial charge in [0.2, 0.25) is 0 Å². The van der Waals surface area contributed by atoms with Crippen molar-refractivity contribution in [3.8, 4) is 0 Å². The van der Waals surface area contributed by atoms with Gasteiger partial charge in [-0.25, -0.2) is 9.59 Å². The number of carbonyl (C=O) groups excluding carboxylic acids is 2. The lowest BCUT2D eigenvalue weighted by molar-refractivity contribution is -0.148. The Morgan fingerprint density at radius 2 is 1.83 bits per heavy atom. The van der Waals surface area contributed by atoms with Gasteiger partial charge in [0.1, 0.15) is 5.60 Å². The summed E-state index contributed by atoms with van der Waals surface area (Å²) in [5, 5.41) is 2.47. The first-order chi connectivity index (χ1) is 11.2. The fraction of sp³-hybridized carbons (Fsp3) is 0.529. The summed E-state index contributed by atoms with van der Waals surface area (Å²) in [7, 11) is 0. The summed E-state index contributed by atoms with van der Waals surface area (Å²) in [5.41, 5.74) is 0.269. The highest BCUT2D eigenvalue weighted by Gasteiger charge is 2.31. The quantitative estimate of drug-likeness (QED) is 0.599. The molecule has 0 saturated carbocycles. The van der Waals surface area contributed by atoms with Crippen molar-refractivity contribution in [1.29, 1.82) is 0 Å². The van der Waals surface area contributed by atoms with Crippen molar-refractivity contribution in [3.63, 3.8) is 0 Å². The predicted molar refractivity (Wildman–Crippen MR) is 90.7 cm³/mol. The number of halogens is 1. The van der Waals surface area contributed by atoms with Crippen LogP contribution in [-0.2, 0) is 25.6 Å². The third kappa shape index (κ3) is 7.66. The second-order valence-electron chi connectivity index (χ2n) is 6.20. The zero-order chi connectivity index (χ0) is 18.2. The summed E-state index contributed by atoms with van der Waals surface area (Å²) in [4.78, 5) is 24.0. The summed E-state index contributed by atoms with van der Waals surface area (Å²) in [6.45, 7) is 7.15. The molecule has 1 amide bonds. The van der Waals surface area contributed by atoms with Crippen molar-refractivity contribution in [1.82, 2.24) is 5.32 Å².